The molecule has 0 atom stereocenters. The Bertz CT molecular complexity index is 1210. The zero-order chi connectivity index (χ0) is 18.4. The zero-order valence-electron chi connectivity index (χ0n) is 13.2. The van der Waals surface area contributed by atoms with Crippen molar-refractivity contribution < 1.29 is 10.2 Å². The van der Waals surface area contributed by atoms with Crippen LogP contribution in [0.2, 0.25) is 10.0 Å². The summed E-state index contributed by atoms with van der Waals surface area (Å²) in [5.41, 5.74) is 1.88. The molecule has 1 aromatic heterocycles. The standard InChI is InChI=1S/C19H12Cl2N2O3/c20-10-5-6-13(21)11(7-10)12-8-16(18(25)9-17(12)24)23-15-4-2-1-3-14(15)22-19(23)26/h1-9,24-25H,(H,22,26). The number of aromatic nitrogens is 2. The van der Waals surface area contributed by atoms with Gasteiger partial charge < -0.3 is 15.2 Å². The summed E-state index contributed by atoms with van der Waals surface area (Å²) >= 11 is 12.3. The van der Waals surface area contributed by atoms with Crippen molar-refractivity contribution in [1.82, 2.24) is 9.55 Å². The van der Waals surface area contributed by atoms with Crippen LogP contribution in [0.3, 0.4) is 0 Å². The highest BCUT2D eigenvalue weighted by molar-refractivity contribution is 6.35. The summed E-state index contributed by atoms with van der Waals surface area (Å²) < 4.78 is 1.34. The molecule has 0 saturated carbocycles. The van der Waals surface area contributed by atoms with Gasteiger partial charge in [-0.1, -0.05) is 35.3 Å². The van der Waals surface area contributed by atoms with Crippen LogP contribution in [0.5, 0.6) is 11.5 Å². The number of aromatic amines is 1. The van der Waals surface area contributed by atoms with E-state index in [0.29, 0.717) is 32.2 Å². The third-order valence-corrected chi connectivity index (χ3v) is 4.71. The van der Waals surface area contributed by atoms with E-state index in [4.69, 9.17) is 23.2 Å². The third-order valence-electron chi connectivity index (χ3n) is 4.14. The monoisotopic (exact) mass is 386 g/mol. The van der Waals surface area contributed by atoms with Crippen molar-refractivity contribution in [3.05, 3.63) is 75.1 Å². The third kappa shape index (κ3) is 2.62. The molecule has 5 nitrogen and oxygen atoms in total. The maximum atomic E-state index is 12.4. The van der Waals surface area contributed by atoms with Crippen LogP contribution in [0.25, 0.3) is 27.8 Å². The molecule has 0 aliphatic rings. The molecule has 4 rings (SSSR count). The van der Waals surface area contributed by atoms with Crippen LogP contribution >= 0.6 is 23.2 Å². The van der Waals surface area contributed by atoms with Crippen LogP contribution < -0.4 is 5.69 Å². The lowest BCUT2D eigenvalue weighted by Crippen LogP contribution is -2.14. The number of fused-ring (bicyclic) bond motifs is 1. The molecular weight excluding hydrogens is 375 g/mol. The molecule has 0 aliphatic heterocycles. The average molecular weight is 387 g/mol. The van der Waals surface area contributed by atoms with Gasteiger partial charge in [0.25, 0.3) is 0 Å². The lowest BCUT2D eigenvalue weighted by Gasteiger charge is -2.13. The first-order valence-corrected chi connectivity index (χ1v) is 8.43. The topological polar surface area (TPSA) is 78.2 Å². The summed E-state index contributed by atoms with van der Waals surface area (Å²) in [7, 11) is 0. The molecule has 0 saturated heterocycles. The van der Waals surface area contributed by atoms with E-state index in [1.807, 2.05) is 0 Å². The van der Waals surface area contributed by atoms with Crippen LogP contribution in [0.4, 0.5) is 0 Å². The fourth-order valence-corrected chi connectivity index (χ4v) is 3.35. The van der Waals surface area contributed by atoms with Crippen LogP contribution in [0.15, 0.2) is 59.4 Å². The molecule has 3 N–H and O–H groups in total. The molecule has 0 amide bonds. The van der Waals surface area contributed by atoms with Crippen molar-refractivity contribution in [3.8, 4) is 28.3 Å². The quantitative estimate of drug-likeness (QED) is 0.466. The van der Waals surface area contributed by atoms with Gasteiger partial charge >= 0.3 is 5.69 Å². The highest BCUT2D eigenvalue weighted by Crippen LogP contribution is 2.40. The fourth-order valence-electron chi connectivity index (χ4n) is 2.96. The van der Waals surface area contributed by atoms with Gasteiger partial charge in [-0.25, -0.2) is 4.79 Å². The van der Waals surface area contributed by atoms with Gasteiger partial charge in [-0.05, 0) is 36.4 Å². The first-order chi connectivity index (χ1) is 12.5. The highest BCUT2D eigenvalue weighted by Gasteiger charge is 2.17. The molecule has 130 valence electrons. The maximum absolute atomic E-state index is 12.4. The Labute approximate surface area is 157 Å². The van der Waals surface area contributed by atoms with E-state index in [2.05, 4.69) is 4.98 Å². The Morgan fingerprint density at radius 1 is 0.885 bits per heavy atom. The van der Waals surface area contributed by atoms with Gasteiger partial charge in [-0.3, -0.25) is 4.57 Å². The molecule has 26 heavy (non-hydrogen) atoms. The smallest absolute Gasteiger partial charge is 0.331 e. The number of phenolic OH excluding ortho intramolecular Hbond substituents is 2. The van der Waals surface area contributed by atoms with Crippen molar-refractivity contribution in [2.75, 3.05) is 0 Å². The second kappa shape index (κ2) is 6.12. The second-order valence-electron chi connectivity index (χ2n) is 5.76. The predicted octanol–water partition coefficient (Wildman–Crippen LogP) is 4.70. The van der Waals surface area contributed by atoms with Gasteiger partial charge in [0.1, 0.15) is 11.5 Å². The zero-order valence-corrected chi connectivity index (χ0v) is 14.7. The Morgan fingerprint density at radius 3 is 2.46 bits per heavy atom. The maximum Gasteiger partial charge on any atom is 0.331 e. The lowest BCUT2D eigenvalue weighted by atomic mass is 10.0. The van der Waals surface area contributed by atoms with E-state index in [9.17, 15) is 15.0 Å². The van der Waals surface area contributed by atoms with E-state index in [-0.39, 0.29) is 17.2 Å². The molecule has 0 spiro atoms. The first kappa shape index (κ1) is 16.6. The summed E-state index contributed by atoms with van der Waals surface area (Å²) in [6.07, 6.45) is 0. The number of nitrogens with one attached hydrogen (secondary N) is 1. The molecule has 0 fully saturated rings. The van der Waals surface area contributed by atoms with Crippen LogP contribution in [-0.2, 0) is 0 Å². The minimum atomic E-state index is -0.407. The Kier molecular flexibility index (Phi) is 3.90. The van der Waals surface area contributed by atoms with E-state index < -0.39 is 5.69 Å². The number of benzene rings is 3. The number of nitrogens with zero attached hydrogens (tertiary/aromatic N) is 1. The van der Waals surface area contributed by atoms with Crippen LogP contribution in [0, 0.1) is 0 Å². The summed E-state index contributed by atoms with van der Waals surface area (Å²) in [6.45, 7) is 0. The lowest BCUT2D eigenvalue weighted by molar-refractivity contribution is 0.450. The van der Waals surface area contributed by atoms with Gasteiger partial charge in [-0.15, -0.1) is 0 Å². The molecule has 0 radical (unpaired) electrons. The summed E-state index contributed by atoms with van der Waals surface area (Å²) in [6, 6.07) is 14.6. The van der Waals surface area contributed by atoms with Crippen LogP contribution in [-0.4, -0.2) is 19.8 Å². The Balaban J connectivity index is 2.03. The number of H-pyrrole nitrogens is 1. The van der Waals surface area contributed by atoms with E-state index >= 15 is 0 Å². The minimum absolute atomic E-state index is 0.177. The van der Waals surface area contributed by atoms with E-state index in [0.717, 1.165) is 0 Å². The van der Waals surface area contributed by atoms with Gasteiger partial charge in [0, 0.05) is 27.2 Å². The Hall–Kier alpha value is -2.89. The molecule has 1 heterocycles. The van der Waals surface area contributed by atoms with Crippen molar-refractivity contribution in [2.24, 2.45) is 0 Å². The number of rotatable bonds is 2. The number of phenols is 2. The molecule has 0 bridgehead atoms. The molecule has 4 aromatic rings. The van der Waals surface area contributed by atoms with Crippen molar-refractivity contribution >= 4 is 34.2 Å². The molecule has 0 aliphatic carbocycles. The number of hydrogen-bond donors (Lipinski definition) is 3. The van der Waals surface area contributed by atoms with Crippen molar-refractivity contribution in [3.63, 3.8) is 0 Å². The second-order valence-corrected chi connectivity index (χ2v) is 6.61. The number of para-hydroxylation sites is 2. The van der Waals surface area contributed by atoms with Gasteiger partial charge in [0.2, 0.25) is 0 Å². The fraction of sp³-hybridized carbons (Fsp3) is 0. The number of halogens is 2. The van der Waals surface area contributed by atoms with Gasteiger partial charge in [0.05, 0.1) is 16.7 Å². The van der Waals surface area contributed by atoms with Crippen LogP contribution in [0.1, 0.15) is 0 Å². The van der Waals surface area contributed by atoms with E-state index in [1.54, 1.807) is 42.5 Å². The van der Waals surface area contributed by atoms with Crippen molar-refractivity contribution in [1.29, 1.82) is 0 Å². The SMILES string of the molecule is O=c1[nH]c2ccccc2n1-c1cc(-c2cc(Cl)ccc2Cl)c(O)cc1O. The molecular formula is C19H12Cl2N2O3. The number of aromatic hydroxyl groups is 2. The molecule has 7 heteroatoms. The minimum Gasteiger partial charge on any atom is -0.507 e. The van der Waals surface area contributed by atoms with Gasteiger partial charge in [-0.2, -0.15) is 0 Å². The highest BCUT2D eigenvalue weighted by atomic mass is 35.5. The Morgan fingerprint density at radius 2 is 1.65 bits per heavy atom. The largest absolute Gasteiger partial charge is 0.507 e. The number of hydrogen-bond acceptors (Lipinski definition) is 3. The first-order valence-electron chi connectivity index (χ1n) is 7.67. The van der Waals surface area contributed by atoms with Gasteiger partial charge in [0.15, 0.2) is 0 Å². The van der Waals surface area contributed by atoms with Crippen molar-refractivity contribution in [2.45, 2.75) is 0 Å². The molecule has 0 unspecified atom stereocenters. The average Bonchev–Trinajstić information content (AvgIpc) is 2.93. The molecule has 3 aromatic carbocycles. The normalized spacial score (nSPS) is 11.2. The number of imidazole rings is 1. The summed E-state index contributed by atoms with van der Waals surface area (Å²) in [4.78, 5) is 15.2. The summed E-state index contributed by atoms with van der Waals surface area (Å²) in [5.74, 6) is -0.417. The predicted molar refractivity (Wildman–Crippen MR) is 103 cm³/mol. The van der Waals surface area contributed by atoms with E-state index in [1.165, 1.54) is 16.7 Å². The summed E-state index contributed by atoms with van der Waals surface area (Å²) in [5, 5.41) is 21.5.